The number of nitrogens with one attached hydrogen (secondary N) is 2. The first-order valence-electron chi connectivity index (χ1n) is 6.46. The van der Waals surface area contributed by atoms with E-state index < -0.39 is 11.6 Å². The molecule has 6 nitrogen and oxygen atoms in total. The Balaban J connectivity index is 2.34. The Morgan fingerprint density at radius 3 is 2.55 bits per heavy atom. The topological polar surface area (TPSA) is 76.7 Å². The number of benzene rings is 1. The molecule has 1 aliphatic heterocycles. The molecule has 0 aromatic heterocycles. The molecule has 20 heavy (non-hydrogen) atoms. The van der Waals surface area contributed by atoms with Crippen LogP contribution in [-0.2, 0) is 10.3 Å². The van der Waals surface area contributed by atoms with Crippen molar-refractivity contribution in [2.45, 2.75) is 25.8 Å². The van der Waals surface area contributed by atoms with Gasteiger partial charge in [0.05, 0.1) is 13.7 Å². The van der Waals surface area contributed by atoms with Gasteiger partial charge in [-0.1, -0.05) is 13.0 Å². The molecule has 1 heterocycles. The van der Waals surface area contributed by atoms with Crippen LogP contribution in [-0.4, -0.2) is 25.7 Å². The number of hydrogen-bond acceptors (Lipinski definition) is 4. The number of ether oxygens (including phenoxy) is 2. The molecule has 1 unspecified atom stereocenters. The van der Waals surface area contributed by atoms with E-state index in [1.54, 1.807) is 25.1 Å². The summed E-state index contributed by atoms with van der Waals surface area (Å²) in [7, 11) is 1.54. The number of methoxy groups -OCH3 is 1. The average Bonchev–Trinajstić information content (AvgIpc) is 2.70. The lowest BCUT2D eigenvalue weighted by Crippen LogP contribution is -2.40. The molecule has 1 aromatic rings. The van der Waals surface area contributed by atoms with Crippen molar-refractivity contribution in [3.8, 4) is 11.5 Å². The van der Waals surface area contributed by atoms with Gasteiger partial charge in [0.15, 0.2) is 11.5 Å². The number of carbonyl (C=O) groups excluding carboxylic acids is 2. The predicted molar refractivity (Wildman–Crippen MR) is 72.8 cm³/mol. The summed E-state index contributed by atoms with van der Waals surface area (Å²) in [5.41, 5.74) is -0.449. The summed E-state index contributed by atoms with van der Waals surface area (Å²) in [5, 5.41) is 4.85. The van der Waals surface area contributed by atoms with Gasteiger partial charge in [-0.3, -0.25) is 10.1 Å². The minimum absolute atomic E-state index is 0.383. The van der Waals surface area contributed by atoms with E-state index in [-0.39, 0.29) is 5.91 Å². The van der Waals surface area contributed by atoms with Crippen molar-refractivity contribution in [3.05, 3.63) is 23.8 Å². The Hall–Kier alpha value is -2.24. The van der Waals surface area contributed by atoms with E-state index in [0.717, 1.165) is 6.42 Å². The Morgan fingerprint density at radius 1 is 1.25 bits per heavy atom. The smallest absolute Gasteiger partial charge is 0.322 e. The number of amides is 3. The van der Waals surface area contributed by atoms with Crippen LogP contribution in [0.5, 0.6) is 11.5 Å². The lowest BCUT2D eigenvalue weighted by atomic mass is 9.92. The van der Waals surface area contributed by atoms with Crippen molar-refractivity contribution in [3.63, 3.8) is 0 Å². The minimum atomic E-state index is -1.09. The normalized spacial score (nSPS) is 21.4. The molecule has 1 fully saturated rings. The second-order valence-corrected chi connectivity index (χ2v) is 4.75. The number of imide groups is 1. The highest BCUT2D eigenvalue weighted by atomic mass is 16.5. The molecule has 1 aromatic carbocycles. The molecule has 0 spiro atoms. The molecule has 1 aliphatic rings. The van der Waals surface area contributed by atoms with E-state index in [4.69, 9.17) is 9.47 Å². The SMILES string of the molecule is CCCOc1ccc(C2(C)NC(=O)NC2=O)cc1OC. The van der Waals surface area contributed by atoms with Crippen LogP contribution in [0.15, 0.2) is 18.2 Å². The zero-order chi connectivity index (χ0) is 14.8. The van der Waals surface area contributed by atoms with Crippen molar-refractivity contribution in [2.24, 2.45) is 0 Å². The van der Waals surface area contributed by atoms with Crippen molar-refractivity contribution >= 4 is 11.9 Å². The van der Waals surface area contributed by atoms with Crippen LogP contribution < -0.4 is 20.1 Å². The second-order valence-electron chi connectivity index (χ2n) is 4.75. The fourth-order valence-corrected chi connectivity index (χ4v) is 2.06. The molecule has 1 atom stereocenters. The summed E-state index contributed by atoms with van der Waals surface area (Å²) in [5.74, 6) is 0.768. The molecule has 3 amide bonds. The van der Waals surface area contributed by atoms with E-state index in [1.807, 2.05) is 6.92 Å². The zero-order valence-electron chi connectivity index (χ0n) is 11.8. The average molecular weight is 278 g/mol. The summed E-state index contributed by atoms with van der Waals surface area (Å²) in [6.45, 7) is 4.25. The number of rotatable bonds is 5. The van der Waals surface area contributed by atoms with Crippen molar-refractivity contribution in [1.29, 1.82) is 0 Å². The van der Waals surface area contributed by atoms with Crippen LogP contribution in [0.1, 0.15) is 25.8 Å². The number of hydrogen-bond donors (Lipinski definition) is 2. The Bertz CT molecular complexity index is 544. The highest BCUT2D eigenvalue weighted by Crippen LogP contribution is 2.33. The maximum Gasteiger partial charge on any atom is 0.322 e. The van der Waals surface area contributed by atoms with Crippen LogP contribution in [0.2, 0.25) is 0 Å². The third-order valence-electron chi connectivity index (χ3n) is 3.25. The maximum atomic E-state index is 11.9. The molecule has 0 radical (unpaired) electrons. The van der Waals surface area contributed by atoms with E-state index in [9.17, 15) is 9.59 Å². The van der Waals surface area contributed by atoms with Crippen LogP contribution in [0.25, 0.3) is 0 Å². The van der Waals surface area contributed by atoms with E-state index in [1.165, 1.54) is 7.11 Å². The van der Waals surface area contributed by atoms with Crippen LogP contribution in [0, 0.1) is 0 Å². The van der Waals surface area contributed by atoms with Crippen molar-refractivity contribution < 1.29 is 19.1 Å². The van der Waals surface area contributed by atoms with Gasteiger partial charge in [0, 0.05) is 0 Å². The van der Waals surface area contributed by atoms with Gasteiger partial charge in [-0.2, -0.15) is 0 Å². The van der Waals surface area contributed by atoms with E-state index >= 15 is 0 Å². The lowest BCUT2D eigenvalue weighted by Gasteiger charge is -2.22. The van der Waals surface area contributed by atoms with Crippen LogP contribution in [0.3, 0.4) is 0 Å². The van der Waals surface area contributed by atoms with Gasteiger partial charge in [0.2, 0.25) is 0 Å². The standard InChI is InChI=1S/C14H18N2O4/c1-4-7-20-10-6-5-9(8-11(10)19-3)14(2)12(17)15-13(18)16-14/h5-6,8H,4,7H2,1-3H3,(H2,15,16,17,18). The number of carbonyl (C=O) groups is 2. The van der Waals surface area contributed by atoms with E-state index in [2.05, 4.69) is 10.6 Å². The van der Waals surface area contributed by atoms with Crippen LogP contribution in [0.4, 0.5) is 4.79 Å². The molecule has 108 valence electrons. The fourth-order valence-electron chi connectivity index (χ4n) is 2.06. The van der Waals surface area contributed by atoms with Gasteiger partial charge >= 0.3 is 6.03 Å². The summed E-state index contributed by atoms with van der Waals surface area (Å²) >= 11 is 0. The maximum absolute atomic E-state index is 11.9. The molecular formula is C14H18N2O4. The Kier molecular flexibility index (Phi) is 3.83. The molecule has 6 heteroatoms. The highest BCUT2D eigenvalue weighted by molar-refractivity contribution is 6.07. The largest absolute Gasteiger partial charge is 0.493 e. The molecule has 0 saturated carbocycles. The minimum Gasteiger partial charge on any atom is -0.493 e. The Morgan fingerprint density at radius 2 is 2.00 bits per heavy atom. The molecular weight excluding hydrogens is 260 g/mol. The first-order chi connectivity index (χ1) is 9.51. The summed E-state index contributed by atoms with van der Waals surface area (Å²) < 4.78 is 10.8. The Labute approximate surface area is 117 Å². The molecule has 1 saturated heterocycles. The molecule has 2 N–H and O–H groups in total. The fraction of sp³-hybridized carbons (Fsp3) is 0.429. The second kappa shape index (κ2) is 5.40. The predicted octanol–water partition coefficient (Wildman–Crippen LogP) is 1.54. The van der Waals surface area contributed by atoms with Gasteiger partial charge < -0.3 is 14.8 Å². The quantitative estimate of drug-likeness (QED) is 0.801. The highest BCUT2D eigenvalue weighted by Gasteiger charge is 2.43. The van der Waals surface area contributed by atoms with Gasteiger partial charge in [-0.25, -0.2) is 4.79 Å². The first kappa shape index (κ1) is 14.2. The van der Waals surface area contributed by atoms with Gasteiger partial charge in [0.25, 0.3) is 5.91 Å². The van der Waals surface area contributed by atoms with Gasteiger partial charge in [-0.05, 0) is 31.0 Å². The van der Waals surface area contributed by atoms with Crippen molar-refractivity contribution in [2.75, 3.05) is 13.7 Å². The molecule has 0 aliphatic carbocycles. The summed E-state index contributed by atoms with van der Waals surface area (Å²) in [6.07, 6.45) is 0.890. The molecule has 0 bridgehead atoms. The summed E-state index contributed by atoms with van der Waals surface area (Å²) in [4.78, 5) is 23.2. The van der Waals surface area contributed by atoms with Gasteiger partial charge in [-0.15, -0.1) is 0 Å². The van der Waals surface area contributed by atoms with Crippen molar-refractivity contribution in [1.82, 2.24) is 10.6 Å². The van der Waals surface area contributed by atoms with Crippen LogP contribution >= 0.6 is 0 Å². The third-order valence-corrected chi connectivity index (χ3v) is 3.25. The number of urea groups is 1. The third kappa shape index (κ3) is 2.41. The first-order valence-corrected chi connectivity index (χ1v) is 6.46. The lowest BCUT2D eigenvalue weighted by molar-refractivity contribution is -0.123. The summed E-state index contributed by atoms with van der Waals surface area (Å²) in [6, 6.07) is 4.70. The molecule has 2 rings (SSSR count). The van der Waals surface area contributed by atoms with Gasteiger partial charge in [0.1, 0.15) is 5.54 Å². The van der Waals surface area contributed by atoms with E-state index in [0.29, 0.717) is 23.7 Å². The zero-order valence-corrected chi connectivity index (χ0v) is 11.8. The monoisotopic (exact) mass is 278 g/mol.